The smallest absolute Gasteiger partial charge is 0.407 e. The number of carbonyl (C=O) groups is 2. The van der Waals surface area contributed by atoms with Crippen LogP contribution >= 0.6 is 11.6 Å². The van der Waals surface area contributed by atoms with E-state index in [1.807, 2.05) is 25.7 Å². The highest BCUT2D eigenvalue weighted by Gasteiger charge is 2.44. The summed E-state index contributed by atoms with van der Waals surface area (Å²) in [5.41, 5.74) is 0.0749. The fraction of sp³-hybridized carbons (Fsp3) is 0.667. The first-order chi connectivity index (χ1) is 15.1. The Morgan fingerprint density at radius 3 is 2.21 bits per heavy atom. The number of amides is 2. The van der Waals surface area contributed by atoms with Gasteiger partial charge < -0.3 is 24.7 Å². The average Bonchev–Trinajstić information content (AvgIpc) is 3.05. The first kappa shape index (κ1) is 27.6. The first-order valence-corrected chi connectivity index (χ1v) is 14.8. The van der Waals surface area contributed by atoms with Gasteiger partial charge in [0.15, 0.2) is 8.32 Å². The van der Waals surface area contributed by atoms with Crippen molar-refractivity contribution in [2.24, 2.45) is 0 Å². The van der Waals surface area contributed by atoms with E-state index in [2.05, 4.69) is 44.5 Å². The molecule has 2 atom stereocenters. The lowest BCUT2D eigenvalue weighted by Crippen LogP contribution is -2.51. The van der Waals surface area contributed by atoms with Crippen LogP contribution in [0, 0.1) is 0 Å². The van der Waals surface area contributed by atoms with Gasteiger partial charge in [-0.25, -0.2) is 4.79 Å². The highest BCUT2D eigenvalue weighted by molar-refractivity contribution is 6.74. The molecule has 1 aliphatic heterocycles. The van der Waals surface area contributed by atoms with E-state index in [4.69, 9.17) is 20.8 Å². The minimum Gasteiger partial charge on any atom is -0.444 e. The Morgan fingerprint density at radius 1 is 1.06 bits per heavy atom. The third-order valence-electron chi connectivity index (χ3n) is 6.10. The molecule has 33 heavy (non-hydrogen) atoms. The largest absolute Gasteiger partial charge is 0.444 e. The summed E-state index contributed by atoms with van der Waals surface area (Å²) in [7, 11) is -2.04. The maximum Gasteiger partial charge on any atom is 0.407 e. The minimum atomic E-state index is -2.04. The summed E-state index contributed by atoms with van der Waals surface area (Å²) in [4.78, 5) is 26.8. The Morgan fingerprint density at radius 2 is 1.67 bits per heavy atom. The fourth-order valence-corrected chi connectivity index (χ4v) is 4.80. The summed E-state index contributed by atoms with van der Waals surface area (Å²) in [5, 5.41) is 6.91. The van der Waals surface area contributed by atoms with E-state index in [1.54, 1.807) is 24.3 Å². The highest BCUT2D eigenvalue weighted by Crippen LogP contribution is 2.38. The SMILES string of the molecule is CC(C)(C)OC(=O)NCCN[C@@H]1CN(C(=O)c2ccc(Cl)cc2)C[C@H]1O[Si](C)(C)C(C)(C)C. The van der Waals surface area contributed by atoms with Gasteiger partial charge in [0.25, 0.3) is 5.91 Å². The van der Waals surface area contributed by atoms with Crippen LogP contribution < -0.4 is 10.6 Å². The van der Waals surface area contributed by atoms with Crippen molar-refractivity contribution in [3.8, 4) is 0 Å². The fourth-order valence-electron chi connectivity index (χ4n) is 3.32. The predicted octanol–water partition coefficient (Wildman–Crippen LogP) is 4.67. The molecule has 9 heteroatoms. The van der Waals surface area contributed by atoms with Crippen LogP contribution in [0.15, 0.2) is 24.3 Å². The Bertz CT molecular complexity index is 818. The number of ether oxygens (including phenoxy) is 1. The van der Waals surface area contributed by atoms with Gasteiger partial charge in [-0.05, 0) is 63.2 Å². The topological polar surface area (TPSA) is 79.9 Å². The molecule has 0 radical (unpaired) electrons. The summed E-state index contributed by atoms with van der Waals surface area (Å²) < 4.78 is 12.0. The van der Waals surface area contributed by atoms with Crippen LogP contribution in [0.5, 0.6) is 0 Å². The number of hydrogen-bond acceptors (Lipinski definition) is 5. The van der Waals surface area contributed by atoms with Gasteiger partial charge in [-0.15, -0.1) is 0 Å². The maximum atomic E-state index is 13.1. The van der Waals surface area contributed by atoms with Gasteiger partial charge in [-0.2, -0.15) is 0 Å². The van der Waals surface area contributed by atoms with E-state index in [0.717, 1.165) is 0 Å². The quantitative estimate of drug-likeness (QED) is 0.422. The molecule has 1 aromatic rings. The van der Waals surface area contributed by atoms with Gasteiger partial charge in [-0.3, -0.25) is 4.79 Å². The summed E-state index contributed by atoms with van der Waals surface area (Å²) in [5.74, 6) is -0.0355. The molecule has 7 nitrogen and oxygen atoms in total. The predicted molar refractivity (Wildman–Crippen MR) is 135 cm³/mol. The van der Waals surface area contributed by atoms with E-state index in [-0.39, 0.29) is 23.1 Å². The van der Waals surface area contributed by atoms with E-state index in [1.165, 1.54) is 0 Å². The molecular formula is C24H40ClN3O4Si. The van der Waals surface area contributed by atoms with Gasteiger partial charge in [-0.1, -0.05) is 32.4 Å². The molecule has 0 saturated carbocycles. The van der Waals surface area contributed by atoms with Gasteiger partial charge in [0.2, 0.25) is 0 Å². The zero-order valence-electron chi connectivity index (χ0n) is 21.3. The van der Waals surface area contributed by atoms with Gasteiger partial charge in [0, 0.05) is 36.8 Å². The van der Waals surface area contributed by atoms with Crippen LogP contribution in [0.3, 0.4) is 0 Å². The van der Waals surface area contributed by atoms with Crippen molar-refractivity contribution < 1.29 is 18.8 Å². The zero-order valence-corrected chi connectivity index (χ0v) is 23.0. The molecule has 1 fully saturated rings. The van der Waals surface area contributed by atoms with Gasteiger partial charge in [0.1, 0.15) is 5.60 Å². The highest BCUT2D eigenvalue weighted by atomic mass is 35.5. The third kappa shape index (κ3) is 8.28. The Labute approximate surface area is 204 Å². The minimum absolute atomic E-state index is 0.0317. The van der Waals surface area contributed by atoms with E-state index in [0.29, 0.717) is 36.8 Å². The van der Waals surface area contributed by atoms with Crippen LogP contribution in [0.1, 0.15) is 51.9 Å². The molecule has 0 unspecified atom stereocenters. The molecule has 0 aromatic heterocycles. The van der Waals surface area contributed by atoms with Crippen molar-refractivity contribution in [1.82, 2.24) is 15.5 Å². The molecule has 2 rings (SSSR count). The van der Waals surface area contributed by atoms with Gasteiger partial charge >= 0.3 is 6.09 Å². The van der Waals surface area contributed by atoms with Crippen LogP contribution in [0.2, 0.25) is 23.2 Å². The maximum absolute atomic E-state index is 13.1. The standard InChI is InChI=1S/C24H40ClN3O4Si/c1-23(2,3)31-22(30)27-14-13-26-19-15-28(21(29)17-9-11-18(25)12-10-17)16-20(19)32-33(7,8)24(4,5)6/h9-12,19-20,26H,13-16H2,1-8H3,(H,27,30)/t19-,20-/m1/s1. The number of likely N-dealkylation sites (tertiary alicyclic amines) is 1. The second-order valence-corrected chi connectivity index (χ2v) is 16.3. The van der Waals surface area contributed by atoms with Crippen molar-refractivity contribution in [2.45, 2.75) is 77.4 Å². The molecule has 0 aliphatic carbocycles. The van der Waals surface area contributed by atoms with Crippen LogP contribution in [-0.4, -0.2) is 69.1 Å². The summed E-state index contributed by atoms with van der Waals surface area (Å²) in [6.45, 7) is 18.6. The Hall–Kier alpha value is -1.61. The van der Waals surface area contributed by atoms with E-state index < -0.39 is 20.0 Å². The number of alkyl carbamates (subject to hydrolysis) is 1. The lowest BCUT2D eigenvalue weighted by atomic mass is 10.2. The first-order valence-electron chi connectivity index (χ1n) is 11.5. The molecule has 2 amide bonds. The second-order valence-electron chi connectivity index (χ2n) is 11.1. The Balaban J connectivity index is 2.04. The van der Waals surface area contributed by atoms with Crippen molar-refractivity contribution in [2.75, 3.05) is 26.2 Å². The zero-order chi connectivity index (χ0) is 25.0. The number of nitrogens with zero attached hydrogens (tertiary/aromatic N) is 1. The average molecular weight is 498 g/mol. The molecule has 1 aromatic carbocycles. The van der Waals surface area contributed by atoms with Crippen molar-refractivity contribution in [3.05, 3.63) is 34.9 Å². The summed E-state index contributed by atoms with van der Waals surface area (Å²) in [6, 6.07) is 6.93. The summed E-state index contributed by atoms with van der Waals surface area (Å²) in [6.07, 6.45) is -0.562. The number of rotatable bonds is 7. The normalized spacial score (nSPS) is 19.5. The summed E-state index contributed by atoms with van der Waals surface area (Å²) >= 11 is 5.98. The molecule has 0 spiro atoms. The molecule has 1 heterocycles. The lowest BCUT2D eigenvalue weighted by Gasteiger charge is -2.39. The van der Waals surface area contributed by atoms with Crippen molar-refractivity contribution in [1.29, 1.82) is 0 Å². The molecule has 1 saturated heterocycles. The van der Waals surface area contributed by atoms with Crippen LogP contribution in [-0.2, 0) is 9.16 Å². The molecule has 186 valence electrons. The van der Waals surface area contributed by atoms with Crippen LogP contribution in [0.25, 0.3) is 0 Å². The van der Waals surface area contributed by atoms with Crippen LogP contribution in [0.4, 0.5) is 4.79 Å². The third-order valence-corrected chi connectivity index (χ3v) is 10.9. The lowest BCUT2D eigenvalue weighted by molar-refractivity contribution is 0.0527. The number of hydrogen-bond donors (Lipinski definition) is 2. The Kier molecular flexibility index (Phi) is 9.01. The van der Waals surface area contributed by atoms with Crippen molar-refractivity contribution in [3.63, 3.8) is 0 Å². The molecule has 2 N–H and O–H groups in total. The van der Waals surface area contributed by atoms with Gasteiger partial charge in [0.05, 0.1) is 12.1 Å². The number of nitrogens with one attached hydrogen (secondary N) is 2. The molecular weight excluding hydrogens is 458 g/mol. The number of halogens is 1. The van der Waals surface area contributed by atoms with Crippen molar-refractivity contribution >= 4 is 31.9 Å². The molecule has 1 aliphatic rings. The number of carbonyl (C=O) groups excluding carboxylic acids is 2. The molecule has 0 bridgehead atoms. The van der Waals surface area contributed by atoms with E-state index >= 15 is 0 Å². The monoisotopic (exact) mass is 497 g/mol. The number of benzene rings is 1. The second kappa shape index (κ2) is 10.8. The van der Waals surface area contributed by atoms with E-state index in [9.17, 15) is 9.59 Å².